The first-order valence-corrected chi connectivity index (χ1v) is 35.3. The zero-order chi connectivity index (χ0) is 56.4. The fourth-order valence-electron chi connectivity index (χ4n) is 10.9. The van der Waals surface area contributed by atoms with Crippen molar-refractivity contribution in [3.63, 3.8) is 0 Å². The quantitative estimate of drug-likeness (QED) is 0.0261. The van der Waals surface area contributed by atoms with Crippen molar-refractivity contribution >= 4 is 17.9 Å². The normalized spacial score (nSPS) is 12.1. The predicted octanol–water partition coefficient (Wildman–Crippen LogP) is 24.2. The van der Waals surface area contributed by atoms with Crippen LogP contribution in [0.2, 0.25) is 0 Å². The molecule has 0 aliphatic carbocycles. The number of allylic oxidation sites excluding steroid dienone is 4. The summed E-state index contributed by atoms with van der Waals surface area (Å²) in [7, 11) is 0. The molecule has 0 aliphatic heterocycles. The van der Waals surface area contributed by atoms with Crippen LogP contribution in [0.4, 0.5) is 0 Å². The van der Waals surface area contributed by atoms with Gasteiger partial charge in [0.2, 0.25) is 0 Å². The molecule has 1 atom stereocenters. The largest absolute Gasteiger partial charge is 0.462 e. The third-order valence-electron chi connectivity index (χ3n) is 16.2. The second kappa shape index (κ2) is 67.4. The van der Waals surface area contributed by atoms with E-state index in [0.29, 0.717) is 19.3 Å². The van der Waals surface area contributed by atoms with E-state index in [1.54, 1.807) is 0 Å². The first-order valence-electron chi connectivity index (χ1n) is 35.3. The summed E-state index contributed by atoms with van der Waals surface area (Å²) in [5, 5.41) is 0. The molecule has 0 radical (unpaired) electrons. The Morgan fingerprint density at radius 2 is 0.462 bits per heavy atom. The molecule has 0 saturated carbocycles. The molecule has 0 fully saturated rings. The summed E-state index contributed by atoms with van der Waals surface area (Å²) in [6.07, 6.45) is 82.6. The Balaban J connectivity index is 3.89. The maximum atomic E-state index is 12.8. The molecule has 78 heavy (non-hydrogen) atoms. The highest BCUT2D eigenvalue weighted by molar-refractivity contribution is 5.71. The Morgan fingerprint density at radius 3 is 0.705 bits per heavy atom. The second-order valence-electron chi connectivity index (χ2n) is 24.2. The minimum atomic E-state index is -0.763. The molecule has 0 spiro atoms. The van der Waals surface area contributed by atoms with Gasteiger partial charge in [0.05, 0.1) is 0 Å². The predicted molar refractivity (Wildman–Crippen MR) is 340 cm³/mol. The lowest BCUT2D eigenvalue weighted by molar-refractivity contribution is -0.167. The Bertz CT molecular complexity index is 1260. The monoisotopic (exact) mass is 1100 g/mol. The van der Waals surface area contributed by atoms with Gasteiger partial charge in [-0.25, -0.2) is 0 Å². The van der Waals surface area contributed by atoms with Crippen LogP contribution in [0, 0.1) is 0 Å². The van der Waals surface area contributed by atoms with Gasteiger partial charge in [-0.05, 0) is 51.4 Å². The number of ether oxygens (including phenoxy) is 3. The number of rotatable bonds is 66. The standard InChI is InChI=1S/C72H136O6/c1-4-7-10-13-16-18-20-22-24-26-28-29-30-31-32-33-34-35-36-37-38-39-40-41-42-43-45-46-48-50-52-54-56-59-62-65-71(74)77-68-69(67-76-70(73)64-61-58-15-12-9-6-3)78-72(75)66-63-60-57-55-53-51-49-47-44-27-25-23-21-19-17-14-11-8-5-2/h20,22,26,28,69H,4-19,21,23-25,27,29-68H2,1-3H3/b22-20-,28-26-. The molecular weight excluding hydrogens is 961 g/mol. The number of hydrogen-bond donors (Lipinski definition) is 0. The van der Waals surface area contributed by atoms with E-state index in [1.807, 2.05) is 0 Å². The molecule has 0 N–H and O–H groups in total. The van der Waals surface area contributed by atoms with Crippen molar-refractivity contribution in [1.29, 1.82) is 0 Å². The fraction of sp³-hybridized carbons (Fsp3) is 0.903. The molecule has 0 aliphatic rings. The van der Waals surface area contributed by atoms with Crippen molar-refractivity contribution < 1.29 is 28.6 Å². The minimum Gasteiger partial charge on any atom is -0.462 e. The number of unbranched alkanes of at least 4 members (excludes halogenated alkanes) is 51. The van der Waals surface area contributed by atoms with Crippen molar-refractivity contribution in [2.45, 2.75) is 406 Å². The van der Waals surface area contributed by atoms with E-state index < -0.39 is 6.10 Å². The topological polar surface area (TPSA) is 78.9 Å². The van der Waals surface area contributed by atoms with Crippen molar-refractivity contribution in [3.05, 3.63) is 24.3 Å². The highest BCUT2D eigenvalue weighted by Crippen LogP contribution is 2.19. The summed E-state index contributed by atoms with van der Waals surface area (Å²) in [6.45, 7) is 6.64. The summed E-state index contributed by atoms with van der Waals surface area (Å²) >= 11 is 0. The van der Waals surface area contributed by atoms with E-state index in [1.165, 1.54) is 295 Å². The van der Waals surface area contributed by atoms with Crippen LogP contribution in [0.5, 0.6) is 0 Å². The number of carbonyl (C=O) groups excluding carboxylic acids is 3. The van der Waals surface area contributed by atoms with Gasteiger partial charge in [-0.2, -0.15) is 0 Å². The zero-order valence-corrected chi connectivity index (χ0v) is 53.0. The maximum absolute atomic E-state index is 12.8. The van der Waals surface area contributed by atoms with Crippen molar-refractivity contribution in [2.75, 3.05) is 13.2 Å². The van der Waals surface area contributed by atoms with E-state index in [9.17, 15) is 14.4 Å². The molecule has 0 amide bonds. The SMILES string of the molecule is CCCCCCC/C=C\C/C=C\CCCCCCCCCCCCCCCCCCCCCCCCCC(=O)OCC(COC(=O)CCCCCCCC)OC(=O)CCCCCCCCCCCCCCCCCCCCC. The lowest BCUT2D eigenvalue weighted by atomic mass is 10.0. The molecule has 1 unspecified atom stereocenters. The average Bonchev–Trinajstić information content (AvgIpc) is 3.44. The van der Waals surface area contributed by atoms with Crippen LogP contribution in [-0.4, -0.2) is 37.2 Å². The summed E-state index contributed by atoms with van der Waals surface area (Å²) in [5.41, 5.74) is 0. The van der Waals surface area contributed by atoms with Gasteiger partial charge in [0.1, 0.15) is 13.2 Å². The second-order valence-corrected chi connectivity index (χ2v) is 24.2. The molecule has 0 aromatic rings. The van der Waals surface area contributed by atoms with Gasteiger partial charge < -0.3 is 14.2 Å². The molecule has 0 bridgehead atoms. The minimum absolute atomic E-state index is 0.0639. The molecule has 0 saturated heterocycles. The third kappa shape index (κ3) is 64.7. The molecule has 0 aromatic carbocycles. The van der Waals surface area contributed by atoms with Crippen LogP contribution in [0.3, 0.4) is 0 Å². The van der Waals surface area contributed by atoms with Crippen LogP contribution in [0.1, 0.15) is 400 Å². The van der Waals surface area contributed by atoms with Gasteiger partial charge >= 0.3 is 17.9 Å². The molecular formula is C72H136O6. The van der Waals surface area contributed by atoms with E-state index in [-0.39, 0.29) is 31.1 Å². The Hall–Kier alpha value is -2.11. The fourth-order valence-corrected chi connectivity index (χ4v) is 10.9. The first-order chi connectivity index (χ1) is 38.5. The molecule has 0 rings (SSSR count). The third-order valence-corrected chi connectivity index (χ3v) is 16.2. The van der Waals surface area contributed by atoms with Crippen molar-refractivity contribution in [3.8, 4) is 0 Å². The van der Waals surface area contributed by atoms with Crippen LogP contribution in [0.15, 0.2) is 24.3 Å². The first kappa shape index (κ1) is 75.9. The van der Waals surface area contributed by atoms with Gasteiger partial charge in [-0.15, -0.1) is 0 Å². The number of hydrogen-bond acceptors (Lipinski definition) is 6. The summed E-state index contributed by atoms with van der Waals surface area (Å²) in [6, 6.07) is 0. The van der Waals surface area contributed by atoms with E-state index in [4.69, 9.17) is 14.2 Å². The zero-order valence-electron chi connectivity index (χ0n) is 53.0. The van der Waals surface area contributed by atoms with Crippen molar-refractivity contribution in [1.82, 2.24) is 0 Å². The number of carbonyl (C=O) groups is 3. The van der Waals surface area contributed by atoms with Gasteiger partial charge in [0, 0.05) is 19.3 Å². The smallest absolute Gasteiger partial charge is 0.306 e. The van der Waals surface area contributed by atoms with Crippen LogP contribution < -0.4 is 0 Å². The van der Waals surface area contributed by atoms with E-state index in [0.717, 1.165) is 64.2 Å². The highest BCUT2D eigenvalue weighted by Gasteiger charge is 2.19. The molecule has 0 heterocycles. The average molecular weight is 1100 g/mol. The van der Waals surface area contributed by atoms with Gasteiger partial charge in [0.25, 0.3) is 0 Å². The number of esters is 3. The summed E-state index contributed by atoms with van der Waals surface area (Å²) in [4.78, 5) is 38.0. The molecule has 460 valence electrons. The van der Waals surface area contributed by atoms with Crippen LogP contribution in [0.25, 0.3) is 0 Å². The summed E-state index contributed by atoms with van der Waals surface area (Å²) < 4.78 is 16.8. The van der Waals surface area contributed by atoms with Gasteiger partial charge in [-0.1, -0.05) is 353 Å². The Morgan fingerprint density at radius 1 is 0.256 bits per heavy atom. The Kier molecular flexibility index (Phi) is 65.6. The van der Waals surface area contributed by atoms with Crippen molar-refractivity contribution in [2.24, 2.45) is 0 Å². The molecule has 6 heteroatoms. The molecule has 0 aromatic heterocycles. The lowest BCUT2D eigenvalue weighted by Crippen LogP contribution is -2.30. The summed E-state index contributed by atoms with van der Waals surface area (Å²) in [5.74, 6) is -0.844. The van der Waals surface area contributed by atoms with Crippen LogP contribution in [-0.2, 0) is 28.6 Å². The maximum Gasteiger partial charge on any atom is 0.306 e. The van der Waals surface area contributed by atoms with E-state index >= 15 is 0 Å². The van der Waals surface area contributed by atoms with Gasteiger partial charge in [-0.3, -0.25) is 14.4 Å². The highest BCUT2D eigenvalue weighted by atomic mass is 16.6. The van der Waals surface area contributed by atoms with Gasteiger partial charge in [0.15, 0.2) is 6.10 Å². The molecule has 6 nitrogen and oxygen atoms in total. The van der Waals surface area contributed by atoms with E-state index in [2.05, 4.69) is 45.1 Å². The van der Waals surface area contributed by atoms with Crippen LogP contribution >= 0.6 is 0 Å². The lowest BCUT2D eigenvalue weighted by Gasteiger charge is -2.18. The Labute approximate surface area is 487 Å².